The highest BCUT2D eigenvalue weighted by Gasteiger charge is 2.17. The van der Waals surface area contributed by atoms with Gasteiger partial charge in [-0.3, -0.25) is 14.2 Å². The van der Waals surface area contributed by atoms with Crippen LogP contribution >= 0.6 is 11.3 Å². The lowest BCUT2D eigenvalue weighted by Gasteiger charge is -2.14. The number of pyridine rings is 1. The summed E-state index contributed by atoms with van der Waals surface area (Å²) in [5.41, 5.74) is -0.267. The van der Waals surface area contributed by atoms with E-state index in [0.29, 0.717) is 17.3 Å². The van der Waals surface area contributed by atoms with Gasteiger partial charge in [-0.2, -0.15) is 0 Å². The zero-order chi connectivity index (χ0) is 27.7. The van der Waals surface area contributed by atoms with Crippen molar-refractivity contribution in [3.63, 3.8) is 0 Å². The first-order valence-electron chi connectivity index (χ1n) is 15.9. The number of hydrogen-bond donors (Lipinski definition) is 0. The van der Waals surface area contributed by atoms with Crippen LogP contribution < -0.4 is 11.1 Å². The molecule has 0 saturated heterocycles. The smallest absolute Gasteiger partial charge is 0.261 e. The zero-order valence-corrected chi connectivity index (χ0v) is 25.1. The van der Waals surface area contributed by atoms with Crippen molar-refractivity contribution in [2.24, 2.45) is 0 Å². The van der Waals surface area contributed by atoms with Crippen LogP contribution in [-0.4, -0.2) is 4.57 Å². The Labute approximate surface area is 242 Å². The third kappa shape index (κ3) is 6.43. The lowest BCUT2D eigenvalue weighted by molar-refractivity contribution is 0.517. The van der Waals surface area contributed by atoms with Crippen molar-refractivity contribution in [1.29, 1.82) is 0 Å². The van der Waals surface area contributed by atoms with E-state index < -0.39 is 0 Å². The second-order valence-electron chi connectivity index (χ2n) is 11.7. The van der Waals surface area contributed by atoms with Crippen LogP contribution in [0.2, 0.25) is 0 Å². The molecule has 0 saturated carbocycles. The average Bonchev–Trinajstić information content (AvgIpc) is 2.98. The Bertz CT molecular complexity index is 1610. The van der Waals surface area contributed by atoms with Crippen LogP contribution in [0.5, 0.6) is 0 Å². The predicted octanol–water partition coefficient (Wildman–Crippen LogP) is 10.6. The van der Waals surface area contributed by atoms with E-state index in [1.807, 2.05) is 12.1 Å². The molecule has 0 radical (unpaired) electrons. The Morgan fingerprint density at radius 2 is 1.00 bits per heavy atom. The molecule has 5 rings (SSSR count). The maximum absolute atomic E-state index is 13.5. The molecule has 0 aliphatic heterocycles. The number of unbranched alkanes of at least 4 members (excludes halogenated alkanes) is 15. The molecule has 0 atom stereocenters. The summed E-state index contributed by atoms with van der Waals surface area (Å²) < 4.78 is 3.84. The van der Waals surface area contributed by atoms with Gasteiger partial charge >= 0.3 is 0 Å². The Morgan fingerprint density at radius 3 is 1.60 bits per heavy atom. The zero-order valence-electron chi connectivity index (χ0n) is 24.3. The molecular weight excluding hydrogens is 510 g/mol. The Morgan fingerprint density at radius 1 is 0.500 bits per heavy atom. The average molecular weight is 556 g/mol. The molecule has 4 heteroatoms. The van der Waals surface area contributed by atoms with E-state index in [9.17, 15) is 9.59 Å². The van der Waals surface area contributed by atoms with Crippen LogP contribution in [0.1, 0.15) is 110 Å². The molecule has 2 aromatic heterocycles. The summed E-state index contributed by atoms with van der Waals surface area (Å²) in [7, 11) is 0. The molecular formula is C36H45NO2S. The third-order valence-electron chi connectivity index (χ3n) is 8.71. The van der Waals surface area contributed by atoms with E-state index >= 15 is 0 Å². The van der Waals surface area contributed by atoms with Gasteiger partial charge in [0.15, 0.2) is 0 Å². The summed E-state index contributed by atoms with van der Waals surface area (Å²) in [6.45, 7) is 2.79. The lowest BCUT2D eigenvalue weighted by atomic mass is 9.97. The van der Waals surface area contributed by atoms with Crippen LogP contribution in [0, 0.1) is 0 Å². The van der Waals surface area contributed by atoms with E-state index in [-0.39, 0.29) is 11.1 Å². The summed E-state index contributed by atoms with van der Waals surface area (Å²) in [5.74, 6) is 0. The van der Waals surface area contributed by atoms with Crippen molar-refractivity contribution >= 4 is 53.1 Å². The number of fused-ring (bicyclic) bond motifs is 2. The number of hydrogen-bond acceptors (Lipinski definition) is 3. The first kappa shape index (κ1) is 28.8. The predicted molar refractivity (Wildman–Crippen MR) is 176 cm³/mol. The summed E-state index contributed by atoms with van der Waals surface area (Å²) in [6.07, 6.45) is 21.0. The molecule has 40 heavy (non-hydrogen) atoms. The standard InChI is InChI=1S/C36H45NO2S/c1-2-3-4-5-6-7-8-9-10-11-12-13-14-15-16-19-26-37-35(38)29-23-22-28-27-20-17-18-21-31(27)40-32-25-24-30(36(37)39)33(29)34(28)32/h17-18,20-25H,2-16,19,26H2,1H3. The molecule has 3 aromatic carbocycles. The van der Waals surface area contributed by atoms with Gasteiger partial charge < -0.3 is 0 Å². The monoisotopic (exact) mass is 555 g/mol. The van der Waals surface area contributed by atoms with E-state index in [4.69, 9.17) is 0 Å². The minimum absolute atomic E-state index is 0.133. The van der Waals surface area contributed by atoms with Crippen molar-refractivity contribution < 1.29 is 0 Å². The Balaban J connectivity index is 1.10. The second kappa shape index (κ2) is 14.3. The van der Waals surface area contributed by atoms with Gasteiger partial charge in [-0.1, -0.05) is 128 Å². The molecule has 0 spiro atoms. The second-order valence-corrected chi connectivity index (χ2v) is 12.8. The van der Waals surface area contributed by atoms with Gasteiger partial charge in [-0.15, -0.1) is 11.3 Å². The van der Waals surface area contributed by atoms with Gasteiger partial charge in [0, 0.05) is 37.5 Å². The number of rotatable bonds is 17. The maximum Gasteiger partial charge on any atom is 0.261 e. The maximum atomic E-state index is 13.5. The normalized spacial score (nSPS) is 12.0. The SMILES string of the molecule is CCCCCCCCCCCCCCCCCCn1c(=O)c2ccc3sc4ccccc4c4ccc(c1=O)c2c34. The van der Waals surface area contributed by atoms with Crippen LogP contribution in [0.25, 0.3) is 41.7 Å². The van der Waals surface area contributed by atoms with Crippen molar-refractivity contribution in [3.8, 4) is 0 Å². The van der Waals surface area contributed by atoms with Crippen LogP contribution in [0.3, 0.4) is 0 Å². The summed E-state index contributed by atoms with van der Waals surface area (Å²) >= 11 is 1.73. The van der Waals surface area contributed by atoms with Crippen molar-refractivity contribution in [2.45, 2.75) is 116 Å². The fraction of sp³-hybridized carbons (Fsp3) is 0.500. The minimum atomic E-state index is -0.133. The van der Waals surface area contributed by atoms with Crippen LogP contribution in [-0.2, 0) is 6.54 Å². The van der Waals surface area contributed by atoms with Crippen LogP contribution in [0.15, 0.2) is 58.1 Å². The number of benzene rings is 3. The first-order chi connectivity index (χ1) is 19.7. The van der Waals surface area contributed by atoms with Crippen molar-refractivity contribution in [2.75, 3.05) is 0 Å². The molecule has 0 fully saturated rings. The van der Waals surface area contributed by atoms with Gasteiger partial charge in [-0.05, 0) is 41.5 Å². The Hall–Kier alpha value is -2.72. The highest BCUT2D eigenvalue weighted by Crippen LogP contribution is 2.39. The lowest BCUT2D eigenvalue weighted by Crippen LogP contribution is -2.33. The fourth-order valence-corrected chi connectivity index (χ4v) is 7.55. The van der Waals surface area contributed by atoms with E-state index in [1.54, 1.807) is 11.3 Å². The highest BCUT2D eigenvalue weighted by atomic mass is 32.1. The van der Waals surface area contributed by atoms with Crippen molar-refractivity contribution in [3.05, 3.63) is 69.2 Å². The quantitative estimate of drug-likeness (QED) is 0.0650. The summed E-state index contributed by atoms with van der Waals surface area (Å²) in [4.78, 5) is 27.0. The third-order valence-corrected chi connectivity index (χ3v) is 9.84. The van der Waals surface area contributed by atoms with E-state index in [1.165, 1.54) is 105 Å². The summed E-state index contributed by atoms with van der Waals surface area (Å²) in [6, 6.07) is 16.4. The van der Waals surface area contributed by atoms with Gasteiger partial charge in [0.25, 0.3) is 11.1 Å². The molecule has 2 heterocycles. The molecule has 212 valence electrons. The van der Waals surface area contributed by atoms with E-state index in [2.05, 4.69) is 43.3 Å². The molecule has 3 nitrogen and oxygen atoms in total. The Kier molecular flexibility index (Phi) is 10.3. The molecule has 0 amide bonds. The number of nitrogens with zero attached hydrogens (tertiary/aromatic N) is 1. The van der Waals surface area contributed by atoms with Crippen LogP contribution in [0.4, 0.5) is 0 Å². The molecule has 0 aliphatic rings. The van der Waals surface area contributed by atoms with Gasteiger partial charge in [0.2, 0.25) is 0 Å². The van der Waals surface area contributed by atoms with E-state index in [0.717, 1.165) is 33.7 Å². The molecule has 0 bridgehead atoms. The molecule has 0 unspecified atom stereocenters. The highest BCUT2D eigenvalue weighted by molar-refractivity contribution is 7.25. The minimum Gasteiger partial charge on any atom is -0.274 e. The molecule has 5 aromatic rings. The van der Waals surface area contributed by atoms with Crippen molar-refractivity contribution in [1.82, 2.24) is 4.57 Å². The molecule has 0 N–H and O–H groups in total. The molecule has 0 aliphatic carbocycles. The summed E-state index contributed by atoms with van der Waals surface area (Å²) in [5, 5.41) is 5.55. The van der Waals surface area contributed by atoms with Gasteiger partial charge in [0.1, 0.15) is 0 Å². The topological polar surface area (TPSA) is 39.1 Å². The van der Waals surface area contributed by atoms with Gasteiger partial charge in [-0.25, -0.2) is 0 Å². The number of aromatic nitrogens is 1. The first-order valence-corrected chi connectivity index (χ1v) is 16.8. The largest absolute Gasteiger partial charge is 0.274 e. The van der Waals surface area contributed by atoms with Gasteiger partial charge in [0.05, 0.1) is 0 Å². The fourth-order valence-electron chi connectivity index (χ4n) is 6.43.